The van der Waals surface area contributed by atoms with Gasteiger partial charge in [-0.15, -0.1) is 0 Å². The van der Waals surface area contributed by atoms with Gasteiger partial charge in [0.25, 0.3) is 0 Å². The van der Waals surface area contributed by atoms with Crippen molar-refractivity contribution in [2.24, 2.45) is 0 Å². The SMILES string of the molecule is Cc1c([NH3+])c(C)c(Cl)c(C)c1Cl.[Br-]. The average Bonchev–Trinajstić information content (AvgIpc) is 2.08. The van der Waals surface area contributed by atoms with E-state index in [1.54, 1.807) is 0 Å². The molecule has 4 heteroatoms. The molecule has 0 atom stereocenters. The predicted molar refractivity (Wildman–Crippen MR) is 53.2 cm³/mol. The molecule has 1 rings (SSSR count). The van der Waals surface area contributed by atoms with Gasteiger partial charge in [-0.3, -0.25) is 0 Å². The number of rotatable bonds is 0. The van der Waals surface area contributed by atoms with Gasteiger partial charge in [0.15, 0.2) is 0 Å². The third kappa shape index (κ3) is 2.18. The first-order chi connectivity index (χ1) is 5.46. The largest absolute Gasteiger partial charge is 1.00 e. The van der Waals surface area contributed by atoms with Crippen molar-refractivity contribution >= 4 is 28.9 Å². The number of hydrogen-bond acceptors (Lipinski definition) is 0. The lowest BCUT2D eigenvalue weighted by Crippen LogP contribution is -3.00. The maximum atomic E-state index is 6.04. The van der Waals surface area contributed by atoms with Crippen LogP contribution < -0.4 is 22.7 Å². The third-order valence-electron chi connectivity index (χ3n) is 2.22. The second-order valence-electron chi connectivity index (χ2n) is 2.98. The van der Waals surface area contributed by atoms with E-state index in [1.807, 2.05) is 20.8 Å². The van der Waals surface area contributed by atoms with Crippen molar-refractivity contribution in [3.05, 3.63) is 26.7 Å². The van der Waals surface area contributed by atoms with Crippen molar-refractivity contribution in [2.45, 2.75) is 20.8 Å². The Kier molecular flexibility index (Phi) is 4.73. The fraction of sp³-hybridized carbons (Fsp3) is 0.333. The zero-order chi connectivity index (χ0) is 9.46. The maximum Gasteiger partial charge on any atom is 0.136 e. The van der Waals surface area contributed by atoms with E-state index in [0.717, 1.165) is 32.4 Å². The van der Waals surface area contributed by atoms with Crippen LogP contribution in [0, 0.1) is 20.8 Å². The van der Waals surface area contributed by atoms with E-state index in [1.165, 1.54) is 0 Å². The Morgan fingerprint density at radius 2 is 1.15 bits per heavy atom. The summed E-state index contributed by atoms with van der Waals surface area (Å²) in [7, 11) is 0. The highest BCUT2D eigenvalue weighted by Crippen LogP contribution is 2.34. The van der Waals surface area contributed by atoms with Gasteiger partial charge in [0, 0.05) is 11.1 Å². The minimum absolute atomic E-state index is 0. The molecule has 0 radical (unpaired) electrons. The van der Waals surface area contributed by atoms with Crippen molar-refractivity contribution in [1.29, 1.82) is 0 Å². The zero-order valence-electron chi connectivity index (χ0n) is 7.84. The lowest BCUT2D eigenvalue weighted by molar-refractivity contribution is -0.256. The van der Waals surface area contributed by atoms with Crippen LogP contribution in [0.3, 0.4) is 0 Å². The van der Waals surface area contributed by atoms with Crippen molar-refractivity contribution in [1.82, 2.24) is 0 Å². The highest BCUT2D eigenvalue weighted by atomic mass is 79.9. The molecule has 0 aliphatic rings. The van der Waals surface area contributed by atoms with Crippen molar-refractivity contribution in [3.8, 4) is 0 Å². The summed E-state index contributed by atoms with van der Waals surface area (Å²) in [6.45, 7) is 5.84. The number of quaternary nitrogens is 1. The van der Waals surface area contributed by atoms with E-state index < -0.39 is 0 Å². The molecule has 0 amide bonds. The standard InChI is InChI=1S/C9H11Cl2N.BrH/c1-4-7(10)5(2)9(12)6(3)8(4)11;/h12H2,1-3H3;1H. The number of benzene rings is 1. The fourth-order valence-electron chi connectivity index (χ4n) is 1.21. The maximum absolute atomic E-state index is 6.04. The molecule has 1 aromatic carbocycles. The molecule has 0 saturated heterocycles. The number of halogens is 3. The summed E-state index contributed by atoms with van der Waals surface area (Å²) < 4.78 is 0. The molecule has 74 valence electrons. The molecule has 0 bridgehead atoms. The molecule has 0 saturated carbocycles. The van der Waals surface area contributed by atoms with Crippen LogP contribution in [0.5, 0.6) is 0 Å². The van der Waals surface area contributed by atoms with Crippen LogP contribution >= 0.6 is 23.2 Å². The van der Waals surface area contributed by atoms with Gasteiger partial charge in [0.2, 0.25) is 0 Å². The third-order valence-corrected chi connectivity index (χ3v) is 3.36. The molecule has 0 spiro atoms. The first-order valence-electron chi connectivity index (χ1n) is 3.73. The Hall–Kier alpha value is 0.240. The Morgan fingerprint density at radius 1 is 0.846 bits per heavy atom. The summed E-state index contributed by atoms with van der Waals surface area (Å²) in [5.41, 5.74) is 7.85. The van der Waals surface area contributed by atoms with Crippen molar-refractivity contribution in [2.75, 3.05) is 0 Å². The normalized spacial score (nSPS) is 9.69. The van der Waals surface area contributed by atoms with Gasteiger partial charge >= 0.3 is 0 Å². The van der Waals surface area contributed by atoms with Crippen molar-refractivity contribution in [3.63, 3.8) is 0 Å². The summed E-state index contributed by atoms with van der Waals surface area (Å²) in [6.07, 6.45) is 0. The van der Waals surface area contributed by atoms with Crippen LogP contribution in [0.25, 0.3) is 0 Å². The van der Waals surface area contributed by atoms with Crippen LogP contribution in [0.1, 0.15) is 16.7 Å². The van der Waals surface area contributed by atoms with Crippen LogP contribution in [-0.2, 0) is 0 Å². The molecule has 0 aliphatic heterocycles. The quantitative estimate of drug-likeness (QED) is 0.683. The molecule has 13 heavy (non-hydrogen) atoms. The molecule has 0 unspecified atom stereocenters. The minimum atomic E-state index is 0. The van der Waals surface area contributed by atoms with Crippen LogP contribution in [0.2, 0.25) is 10.0 Å². The number of hydrogen-bond donors (Lipinski definition) is 1. The predicted octanol–water partition coefficient (Wildman–Crippen LogP) is -0.204. The minimum Gasteiger partial charge on any atom is -1.00 e. The van der Waals surface area contributed by atoms with Gasteiger partial charge < -0.3 is 22.7 Å². The molecule has 0 fully saturated rings. The highest BCUT2D eigenvalue weighted by molar-refractivity contribution is 6.37. The molecule has 0 aliphatic carbocycles. The topological polar surface area (TPSA) is 27.6 Å². The highest BCUT2D eigenvalue weighted by Gasteiger charge is 2.14. The zero-order valence-corrected chi connectivity index (χ0v) is 10.9. The molecule has 1 aromatic rings. The molecular formula is C9H12BrCl2N. The van der Waals surface area contributed by atoms with E-state index in [0.29, 0.717) is 0 Å². The van der Waals surface area contributed by atoms with E-state index in [4.69, 9.17) is 23.2 Å². The summed E-state index contributed by atoms with van der Waals surface area (Å²) in [4.78, 5) is 0. The smallest absolute Gasteiger partial charge is 0.136 e. The average molecular weight is 285 g/mol. The second-order valence-corrected chi connectivity index (χ2v) is 3.74. The van der Waals surface area contributed by atoms with Gasteiger partial charge in [-0.05, 0) is 26.3 Å². The van der Waals surface area contributed by atoms with E-state index in [2.05, 4.69) is 5.73 Å². The van der Waals surface area contributed by atoms with Gasteiger partial charge in [0.05, 0.1) is 10.0 Å². The fourth-order valence-corrected chi connectivity index (χ4v) is 1.67. The van der Waals surface area contributed by atoms with Gasteiger partial charge in [-0.2, -0.15) is 0 Å². The molecule has 0 aromatic heterocycles. The summed E-state index contributed by atoms with van der Waals surface area (Å²) in [6, 6.07) is 0. The monoisotopic (exact) mass is 283 g/mol. The first-order valence-corrected chi connectivity index (χ1v) is 4.49. The Morgan fingerprint density at radius 3 is 1.46 bits per heavy atom. The van der Waals surface area contributed by atoms with Crippen LogP contribution in [-0.4, -0.2) is 0 Å². The van der Waals surface area contributed by atoms with Gasteiger partial charge in [0.1, 0.15) is 5.69 Å². The lowest BCUT2D eigenvalue weighted by Gasteiger charge is -2.09. The van der Waals surface area contributed by atoms with Crippen LogP contribution in [0.4, 0.5) is 5.69 Å². The Balaban J connectivity index is 0.00000144. The van der Waals surface area contributed by atoms with E-state index in [-0.39, 0.29) is 17.0 Å². The molecule has 1 nitrogen and oxygen atoms in total. The Labute approximate surface area is 99.0 Å². The summed E-state index contributed by atoms with van der Waals surface area (Å²) >= 11 is 12.1. The summed E-state index contributed by atoms with van der Waals surface area (Å²) in [5, 5.41) is 1.46. The van der Waals surface area contributed by atoms with E-state index in [9.17, 15) is 0 Å². The summed E-state index contributed by atoms with van der Waals surface area (Å²) in [5.74, 6) is 0. The van der Waals surface area contributed by atoms with Crippen molar-refractivity contribution < 1.29 is 22.7 Å². The molecular weight excluding hydrogens is 273 g/mol. The first kappa shape index (κ1) is 13.2. The lowest BCUT2D eigenvalue weighted by atomic mass is 10.1. The second kappa shape index (κ2) is 4.65. The Bertz CT molecular complexity index is 232. The van der Waals surface area contributed by atoms with Gasteiger partial charge in [-0.1, -0.05) is 23.2 Å². The van der Waals surface area contributed by atoms with Gasteiger partial charge in [-0.25, -0.2) is 0 Å². The molecule has 3 N–H and O–H groups in total. The van der Waals surface area contributed by atoms with E-state index >= 15 is 0 Å². The van der Waals surface area contributed by atoms with Crippen LogP contribution in [0.15, 0.2) is 0 Å². The molecule has 0 heterocycles.